The third kappa shape index (κ3) is 7.34. The van der Waals surface area contributed by atoms with Crippen molar-refractivity contribution in [3.05, 3.63) is 53.1 Å². The summed E-state index contributed by atoms with van der Waals surface area (Å²) in [5, 5.41) is 9.10. The van der Waals surface area contributed by atoms with Crippen LogP contribution < -0.4 is 4.57 Å². The molecule has 2 rings (SSSR count). The molecule has 0 spiro atoms. The Kier molecular flexibility index (Phi) is 9.96. The molecule has 1 N–H and O–H groups in total. The lowest BCUT2D eigenvalue weighted by molar-refractivity contribution is -0.695. The Morgan fingerprint density at radius 2 is 1.55 bits per heavy atom. The number of imidazole rings is 1. The zero-order valence-electron chi connectivity index (χ0n) is 18.6. The summed E-state index contributed by atoms with van der Waals surface area (Å²) in [6.45, 7) is 8.54. The zero-order valence-corrected chi connectivity index (χ0v) is 18.6. The predicted molar refractivity (Wildman–Crippen MR) is 118 cm³/mol. The van der Waals surface area contributed by atoms with Crippen molar-refractivity contribution in [2.45, 2.75) is 98.1 Å². The van der Waals surface area contributed by atoms with Gasteiger partial charge in [-0.15, -0.1) is 0 Å². The molecular formula is C25H39N2O2+. The molecule has 0 radical (unpaired) electrons. The van der Waals surface area contributed by atoms with Crippen molar-refractivity contribution >= 4 is 5.97 Å². The van der Waals surface area contributed by atoms with E-state index in [4.69, 9.17) is 5.11 Å². The predicted octanol–water partition coefficient (Wildman–Crippen LogP) is 5.92. The lowest BCUT2D eigenvalue weighted by Crippen LogP contribution is -2.38. The first kappa shape index (κ1) is 23.2. The van der Waals surface area contributed by atoms with Crippen molar-refractivity contribution < 1.29 is 14.5 Å². The summed E-state index contributed by atoms with van der Waals surface area (Å²) >= 11 is 0. The molecule has 0 unspecified atom stereocenters. The van der Waals surface area contributed by atoms with E-state index >= 15 is 0 Å². The third-order valence-corrected chi connectivity index (χ3v) is 5.67. The first-order valence-corrected chi connectivity index (χ1v) is 11.5. The van der Waals surface area contributed by atoms with Crippen molar-refractivity contribution in [3.63, 3.8) is 0 Å². The second kappa shape index (κ2) is 12.5. The zero-order chi connectivity index (χ0) is 21.1. The van der Waals surface area contributed by atoms with Gasteiger partial charge in [0.05, 0.1) is 12.1 Å². The van der Waals surface area contributed by atoms with Crippen LogP contribution in [-0.2, 0) is 19.5 Å². The molecular weight excluding hydrogens is 360 g/mol. The largest absolute Gasteiger partial charge is 0.478 e. The smallest absolute Gasteiger partial charge is 0.335 e. The maximum atomic E-state index is 11.1. The van der Waals surface area contributed by atoms with Crippen molar-refractivity contribution in [3.8, 4) is 0 Å². The molecule has 29 heavy (non-hydrogen) atoms. The van der Waals surface area contributed by atoms with E-state index in [1.807, 2.05) is 12.1 Å². The molecule has 0 bridgehead atoms. The van der Waals surface area contributed by atoms with Gasteiger partial charge in [0.25, 0.3) is 5.82 Å². The van der Waals surface area contributed by atoms with E-state index in [1.54, 1.807) is 12.1 Å². The highest BCUT2D eigenvalue weighted by atomic mass is 16.4. The van der Waals surface area contributed by atoms with Crippen LogP contribution in [0.2, 0.25) is 0 Å². The molecule has 0 aliphatic carbocycles. The normalized spacial score (nSPS) is 11.1. The summed E-state index contributed by atoms with van der Waals surface area (Å²) in [4.78, 5) is 11.1. The summed E-state index contributed by atoms with van der Waals surface area (Å²) in [5.41, 5.74) is 2.80. The van der Waals surface area contributed by atoms with Crippen molar-refractivity contribution in [2.75, 3.05) is 0 Å². The number of unbranched alkanes of at least 4 members (excludes halogenated alkanes) is 7. The number of aromatic carboxylic acids is 1. The number of hydrogen-bond donors (Lipinski definition) is 1. The quantitative estimate of drug-likeness (QED) is 0.316. The lowest BCUT2D eigenvalue weighted by Gasteiger charge is -2.07. The molecule has 2 aromatic rings. The maximum Gasteiger partial charge on any atom is 0.335 e. The molecule has 0 saturated carbocycles. The Morgan fingerprint density at radius 3 is 2.14 bits per heavy atom. The number of rotatable bonds is 14. The van der Waals surface area contributed by atoms with E-state index in [1.165, 1.54) is 62.9 Å². The standard InChI is InChI=1S/C25H38N2O2/c1-4-6-7-8-9-10-11-12-13-24-26(19-21(3)27(24)18-5-2)20-22-14-16-23(17-15-22)25(28)29/h14-17,19H,4-13,18,20H2,1-3H3/p+1. The molecule has 4 nitrogen and oxygen atoms in total. The Morgan fingerprint density at radius 1 is 0.931 bits per heavy atom. The molecule has 160 valence electrons. The maximum absolute atomic E-state index is 11.1. The molecule has 1 heterocycles. The molecule has 0 saturated heterocycles. The number of carbonyl (C=O) groups is 1. The summed E-state index contributed by atoms with van der Waals surface area (Å²) in [6.07, 6.45) is 15.2. The van der Waals surface area contributed by atoms with Gasteiger partial charge in [-0.05, 0) is 30.5 Å². The van der Waals surface area contributed by atoms with Gasteiger partial charge in [0.2, 0.25) is 0 Å². The Balaban J connectivity index is 1.98. The minimum Gasteiger partial charge on any atom is -0.478 e. The first-order valence-electron chi connectivity index (χ1n) is 11.5. The van der Waals surface area contributed by atoms with Gasteiger partial charge in [0.1, 0.15) is 18.4 Å². The SMILES string of the molecule is CCCCCCCCCCc1n(CCC)c(C)c[n+]1Cc1ccc(C(=O)O)cc1. The fourth-order valence-electron chi connectivity index (χ4n) is 4.04. The van der Waals surface area contributed by atoms with Crippen LogP contribution in [0.4, 0.5) is 0 Å². The highest BCUT2D eigenvalue weighted by molar-refractivity contribution is 5.87. The molecule has 4 heteroatoms. The van der Waals surface area contributed by atoms with Crippen molar-refractivity contribution in [2.24, 2.45) is 0 Å². The van der Waals surface area contributed by atoms with Crippen molar-refractivity contribution in [1.29, 1.82) is 0 Å². The highest BCUT2D eigenvalue weighted by Gasteiger charge is 2.20. The monoisotopic (exact) mass is 399 g/mol. The molecule has 1 aromatic carbocycles. The van der Waals surface area contributed by atoms with E-state index < -0.39 is 5.97 Å². The van der Waals surface area contributed by atoms with Gasteiger partial charge in [-0.2, -0.15) is 0 Å². The Bertz CT molecular complexity index is 747. The van der Waals surface area contributed by atoms with Gasteiger partial charge in [0, 0.05) is 13.3 Å². The van der Waals surface area contributed by atoms with Gasteiger partial charge in [-0.1, -0.05) is 70.9 Å². The summed E-state index contributed by atoms with van der Waals surface area (Å²) in [5.74, 6) is 0.530. The van der Waals surface area contributed by atoms with Gasteiger partial charge in [-0.3, -0.25) is 0 Å². The average molecular weight is 400 g/mol. The molecule has 0 aliphatic rings. The summed E-state index contributed by atoms with van der Waals surface area (Å²) in [6, 6.07) is 7.27. The topological polar surface area (TPSA) is 46.1 Å². The fourth-order valence-corrected chi connectivity index (χ4v) is 4.04. The second-order valence-electron chi connectivity index (χ2n) is 8.19. The molecule has 0 atom stereocenters. The number of aromatic nitrogens is 2. The number of aryl methyl sites for hydroxylation is 1. The van der Waals surface area contributed by atoms with Crippen LogP contribution >= 0.6 is 0 Å². The third-order valence-electron chi connectivity index (χ3n) is 5.67. The van der Waals surface area contributed by atoms with Crippen LogP contribution in [0, 0.1) is 6.92 Å². The van der Waals surface area contributed by atoms with Crippen molar-refractivity contribution in [1.82, 2.24) is 4.57 Å². The number of carboxylic acids is 1. The number of carboxylic acid groups (broad SMARTS) is 1. The summed E-state index contributed by atoms with van der Waals surface area (Å²) in [7, 11) is 0. The van der Waals surface area contributed by atoms with Gasteiger partial charge in [-0.25, -0.2) is 13.9 Å². The molecule has 0 amide bonds. The van der Waals surface area contributed by atoms with Gasteiger partial charge in [0.15, 0.2) is 0 Å². The van der Waals surface area contributed by atoms with Crippen LogP contribution in [-0.4, -0.2) is 15.6 Å². The lowest BCUT2D eigenvalue weighted by atomic mass is 10.1. The Hall–Kier alpha value is -2.10. The van der Waals surface area contributed by atoms with E-state index in [2.05, 4.69) is 36.1 Å². The molecule has 0 fully saturated rings. The summed E-state index contributed by atoms with van der Waals surface area (Å²) < 4.78 is 4.83. The first-order chi connectivity index (χ1) is 14.1. The van der Waals surface area contributed by atoms with E-state index in [9.17, 15) is 4.79 Å². The van der Waals surface area contributed by atoms with Crippen LogP contribution in [0.3, 0.4) is 0 Å². The molecule has 1 aromatic heterocycles. The minimum atomic E-state index is -0.871. The van der Waals surface area contributed by atoms with Crippen LogP contribution in [0.25, 0.3) is 0 Å². The highest BCUT2D eigenvalue weighted by Crippen LogP contribution is 2.13. The van der Waals surface area contributed by atoms with Crippen LogP contribution in [0.15, 0.2) is 30.5 Å². The fraction of sp³-hybridized carbons (Fsp3) is 0.600. The average Bonchev–Trinajstić information content (AvgIpc) is 2.99. The van der Waals surface area contributed by atoms with E-state index in [-0.39, 0.29) is 0 Å². The Labute approximate surface area is 176 Å². The number of nitrogens with zero attached hydrogens (tertiary/aromatic N) is 2. The van der Waals surface area contributed by atoms with Gasteiger partial charge < -0.3 is 5.11 Å². The van der Waals surface area contributed by atoms with E-state index in [0.29, 0.717) is 5.56 Å². The van der Waals surface area contributed by atoms with Crippen LogP contribution in [0.1, 0.15) is 99.1 Å². The number of hydrogen-bond acceptors (Lipinski definition) is 1. The van der Waals surface area contributed by atoms with Crippen LogP contribution in [0.5, 0.6) is 0 Å². The van der Waals surface area contributed by atoms with Gasteiger partial charge >= 0.3 is 5.97 Å². The number of benzene rings is 1. The molecule has 0 aliphatic heterocycles. The minimum absolute atomic E-state index is 0.345. The second-order valence-corrected chi connectivity index (χ2v) is 8.19. The van der Waals surface area contributed by atoms with E-state index in [0.717, 1.165) is 31.5 Å².